The Labute approximate surface area is 103 Å². The Morgan fingerprint density at radius 1 is 1.18 bits per heavy atom. The maximum atomic E-state index is 5.47. The zero-order chi connectivity index (χ0) is 12.7. The van der Waals surface area contributed by atoms with Crippen LogP contribution in [-0.2, 0) is 4.74 Å². The highest BCUT2D eigenvalue weighted by molar-refractivity contribution is 5.47. The molecule has 17 heavy (non-hydrogen) atoms. The lowest BCUT2D eigenvalue weighted by atomic mass is 10.1. The lowest BCUT2D eigenvalue weighted by Gasteiger charge is -2.21. The molecule has 0 amide bonds. The van der Waals surface area contributed by atoms with Gasteiger partial charge in [0.2, 0.25) is 0 Å². The van der Waals surface area contributed by atoms with Crippen LogP contribution in [0.25, 0.3) is 0 Å². The van der Waals surface area contributed by atoms with E-state index in [4.69, 9.17) is 14.2 Å². The summed E-state index contributed by atoms with van der Waals surface area (Å²) in [5.74, 6) is 1.62. The van der Waals surface area contributed by atoms with Crippen molar-refractivity contribution in [3.8, 4) is 11.5 Å². The molecule has 0 radical (unpaired) electrons. The Morgan fingerprint density at radius 3 is 2.18 bits per heavy atom. The van der Waals surface area contributed by atoms with Gasteiger partial charge in [-0.15, -0.1) is 0 Å². The second-order valence-electron chi connectivity index (χ2n) is 3.58. The molecule has 0 aliphatic carbocycles. The molecular weight excluding hydrogens is 218 g/mol. The quantitative estimate of drug-likeness (QED) is 0.790. The van der Waals surface area contributed by atoms with Crippen LogP contribution in [0.4, 0.5) is 0 Å². The third-order valence-electron chi connectivity index (χ3n) is 2.65. The van der Waals surface area contributed by atoms with Gasteiger partial charge in [0.05, 0.1) is 32.4 Å². The van der Waals surface area contributed by atoms with Gasteiger partial charge >= 0.3 is 0 Å². The van der Waals surface area contributed by atoms with Crippen molar-refractivity contribution in [3.63, 3.8) is 0 Å². The Morgan fingerprint density at radius 2 is 1.76 bits per heavy atom. The maximum Gasteiger partial charge on any atom is 0.127 e. The summed E-state index contributed by atoms with van der Waals surface area (Å²) in [5, 5.41) is 3.22. The topological polar surface area (TPSA) is 39.7 Å². The molecule has 0 bridgehead atoms. The zero-order valence-corrected chi connectivity index (χ0v) is 10.9. The fourth-order valence-electron chi connectivity index (χ4n) is 1.77. The highest BCUT2D eigenvalue weighted by Gasteiger charge is 2.19. The molecule has 1 aromatic rings. The van der Waals surface area contributed by atoms with E-state index in [1.54, 1.807) is 14.2 Å². The van der Waals surface area contributed by atoms with Gasteiger partial charge in [0.15, 0.2) is 0 Å². The van der Waals surface area contributed by atoms with Crippen molar-refractivity contribution >= 4 is 0 Å². The van der Waals surface area contributed by atoms with Gasteiger partial charge in [-0.2, -0.15) is 0 Å². The highest BCUT2D eigenvalue weighted by Crippen LogP contribution is 2.33. The average Bonchev–Trinajstić information content (AvgIpc) is 2.39. The van der Waals surface area contributed by atoms with Gasteiger partial charge in [0, 0.05) is 6.61 Å². The molecule has 1 aromatic carbocycles. The van der Waals surface area contributed by atoms with Crippen molar-refractivity contribution in [3.05, 3.63) is 23.8 Å². The molecule has 0 spiro atoms. The van der Waals surface area contributed by atoms with E-state index in [1.165, 1.54) is 0 Å². The smallest absolute Gasteiger partial charge is 0.127 e. The number of methoxy groups -OCH3 is 2. The summed E-state index contributed by atoms with van der Waals surface area (Å²) in [6.45, 7) is 3.26. The van der Waals surface area contributed by atoms with Crippen LogP contribution in [0.2, 0.25) is 0 Å². The Balaban J connectivity index is 3.05. The molecule has 1 rings (SSSR count). The molecule has 1 atom stereocenters. The molecular formula is C13H21NO3. The minimum atomic E-state index is 0.0565. The number of nitrogens with one attached hydrogen (secondary N) is 1. The molecule has 0 saturated carbocycles. The van der Waals surface area contributed by atoms with Crippen molar-refractivity contribution in [1.29, 1.82) is 0 Å². The van der Waals surface area contributed by atoms with Gasteiger partial charge in [0.25, 0.3) is 0 Å². The number of likely N-dealkylation sites (N-methyl/N-ethyl adjacent to an activating group) is 1. The van der Waals surface area contributed by atoms with E-state index < -0.39 is 0 Å². The number of rotatable bonds is 7. The number of hydrogen-bond acceptors (Lipinski definition) is 4. The minimum absolute atomic E-state index is 0.0565. The van der Waals surface area contributed by atoms with Crippen LogP contribution in [0.3, 0.4) is 0 Å². The van der Waals surface area contributed by atoms with Crippen molar-refractivity contribution < 1.29 is 14.2 Å². The summed E-state index contributed by atoms with van der Waals surface area (Å²) in [7, 11) is 5.22. The molecule has 4 nitrogen and oxygen atoms in total. The minimum Gasteiger partial charge on any atom is -0.496 e. The predicted octanol–water partition coefficient (Wildman–Crippen LogP) is 2.00. The monoisotopic (exact) mass is 239 g/mol. The molecule has 96 valence electrons. The van der Waals surface area contributed by atoms with Gasteiger partial charge < -0.3 is 19.5 Å². The second-order valence-corrected chi connectivity index (χ2v) is 3.58. The summed E-state index contributed by atoms with van der Waals surface area (Å²) in [6.07, 6.45) is 0. The van der Waals surface area contributed by atoms with Gasteiger partial charge in [-0.05, 0) is 26.1 Å². The van der Waals surface area contributed by atoms with Crippen molar-refractivity contribution in [2.75, 3.05) is 34.5 Å². The zero-order valence-electron chi connectivity index (χ0n) is 10.9. The van der Waals surface area contributed by atoms with Crippen molar-refractivity contribution in [2.45, 2.75) is 13.0 Å². The molecule has 1 N–H and O–H groups in total. The molecule has 4 heteroatoms. The highest BCUT2D eigenvalue weighted by atomic mass is 16.5. The van der Waals surface area contributed by atoms with Crippen LogP contribution in [0, 0.1) is 0 Å². The summed E-state index contributed by atoms with van der Waals surface area (Å²) >= 11 is 0. The largest absolute Gasteiger partial charge is 0.496 e. The predicted molar refractivity (Wildman–Crippen MR) is 67.8 cm³/mol. The lowest BCUT2D eigenvalue weighted by molar-refractivity contribution is 0.123. The Bertz CT molecular complexity index is 319. The summed E-state index contributed by atoms with van der Waals surface area (Å²) < 4.78 is 16.2. The Kier molecular flexibility index (Phi) is 5.80. The van der Waals surface area contributed by atoms with E-state index in [2.05, 4.69) is 5.32 Å². The molecule has 0 heterocycles. The summed E-state index contributed by atoms with van der Waals surface area (Å²) in [6, 6.07) is 5.82. The molecule has 0 aromatic heterocycles. The molecule has 1 unspecified atom stereocenters. The SMILES string of the molecule is CCOCC(NC)c1c(OC)cccc1OC. The van der Waals surface area contributed by atoms with Crippen LogP contribution in [0.5, 0.6) is 11.5 Å². The van der Waals surface area contributed by atoms with Gasteiger partial charge in [-0.3, -0.25) is 0 Å². The van der Waals surface area contributed by atoms with Crippen LogP contribution >= 0.6 is 0 Å². The molecule has 0 fully saturated rings. The third-order valence-corrected chi connectivity index (χ3v) is 2.65. The summed E-state index contributed by atoms with van der Waals surface area (Å²) in [5.41, 5.74) is 0.994. The van der Waals surface area contributed by atoms with E-state index >= 15 is 0 Å². The fraction of sp³-hybridized carbons (Fsp3) is 0.538. The molecule has 0 saturated heterocycles. The number of ether oxygens (including phenoxy) is 3. The first-order chi connectivity index (χ1) is 8.28. The summed E-state index contributed by atoms with van der Waals surface area (Å²) in [4.78, 5) is 0. The molecule has 0 aliphatic rings. The first-order valence-corrected chi connectivity index (χ1v) is 5.74. The van der Waals surface area contributed by atoms with E-state index in [0.29, 0.717) is 13.2 Å². The van der Waals surface area contributed by atoms with Gasteiger partial charge in [0.1, 0.15) is 11.5 Å². The van der Waals surface area contributed by atoms with Crippen molar-refractivity contribution in [1.82, 2.24) is 5.32 Å². The molecule has 0 aliphatic heterocycles. The fourth-order valence-corrected chi connectivity index (χ4v) is 1.77. The van der Waals surface area contributed by atoms with Crippen LogP contribution in [-0.4, -0.2) is 34.5 Å². The van der Waals surface area contributed by atoms with Crippen LogP contribution in [0.1, 0.15) is 18.5 Å². The maximum absolute atomic E-state index is 5.47. The number of hydrogen-bond donors (Lipinski definition) is 1. The van der Waals surface area contributed by atoms with E-state index in [0.717, 1.165) is 17.1 Å². The first-order valence-electron chi connectivity index (χ1n) is 5.74. The standard InChI is InChI=1S/C13H21NO3/c1-5-17-9-10(14-2)13-11(15-3)7-6-8-12(13)16-4/h6-8,10,14H,5,9H2,1-4H3. The number of benzene rings is 1. The first kappa shape index (κ1) is 13.8. The normalized spacial score (nSPS) is 12.2. The van der Waals surface area contributed by atoms with Crippen LogP contribution < -0.4 is 14.8 Å². The third kappa shape index (κ3) is 3.35. The van der Waals surface area contributed by atoms with Gasteiger partial charge in [-0.25, -0.2) is 0 Å². The van der Waals surface area contributed by atoms with Crippen LogP contribution in [0.15, 0.2) is 18.2 Å². The second kappa shape index (κ2) is 7.14. The Hall–Kier alpha value is -1.26. The average molecular weight is 239 g/mol. The van der Waals surface area contributed by atoms with Gasteiger partial charge in [-0.1, -0.05) is 6.07 Å². The van der Waals surface area contributed by atoms with E-state index in [-0.39, 0.29) is 6.04 Å². The van der Waals surface area contributed by atoms with E-state index in [1.807, 2.05) is 32.2 Å². The lowest BCUT2D eigenvalue weighted by Crippen LogP contribution is -2.23. The van der Waals surface area contributed by atoms with E-state index in [9.17, 15) is 0 Å². The van der Waals surface area contributed by atoms with Crippen molar-refractivity contribution in [2.24, 2.45) is 0 Å².